The maximum absolute atomic E-state index is 6.66. The van der Waals surface area contributed by atoms with Crippen molar-refractivity contribution in [2.75, 3.05) is 25.2 Å². The van der Waals surface area contributed by atoms with Crippen LogP contribution in [0.25, 0.3) is 16.3 Å². The van der Waals surface area contributed by atoms with E-state index >= 15 is 0 Å². The number of rotatable bonds is 11. The summed E-state index contributed by atoms with van der Waals surface area (Å²) in [7, 11) is 0. The molecule has 0 spiro atoms. The van der Waals surface area contributed by atoms with Gasteiger partial charge in [0.05, 0.1) is 40.1 Å². The van der Waals surface area contributed by atoms with Gasteiger partial charge in [0.2, 0.25) is 0 Å². The van der Waals surface area contributed by atoms with Gasteiger partial charge in [0.25, 0.3) is 0 Å². The van der Waals surface area contributed by atoms with Gasteiger partial charge in [-0.3, -0.25) is 4.90 Å². The van der Waals surface area contributed by atoms with E-state index in [9.17, 15) is 0 Å². The van der Waals surface area contributed by atoms with Gasteiger partial charge < -0.3 is 4.74 Å². The first-order chi connectivity index (χ1) is 22.3. The number of thiophene rings is 1. The van der Waals surface area contributed by atoms with Gasteiger partial charge in [-0.15, -0.1) is 17.1 Å². The fraction of sp³-hybridized carbons (Fsp3) is 0.487. The average Bonchev–Trinajstić information content (AvgIpc) is 3.75. The van der Waals surface area contributed by atoms with Crippen molar-refractivity contribution >= 4 is 40.4 Å². The van der Waals surface area contributed by atoms with Crippen molar-refractivity contribution in [3.05, 3.63) is 99.5 Å². The molecule has 1 atom stereocenters. The maximum Gasteiger partial charge on any atom is 0.106 e. The molecule has 1 saturated carbocycles. The number of thioether (sulfide) groups is 1. The highest BCUT2D eigenvalue weighted by atomic mass is 35.5. The van der Waals surface area contributed by atoms with E-state index in [0.717, 1.165) is 54.7 Å². The van der Waals surface area contributed by atoms with Gasteiger partial charge in [-0.25, -0.2) is 4.68 Å². The SMILES string of the molecule is CC.CSC/C=C\CC=C(C)C.Cc1ccc(-c2cc(CN(CC3=CC(C)CO3)C3CCCCC3)nn2C2=CC=C=CC=C2Cl)s1. The normalized spacial score (nSPS) is 17.8. The molecule has 2 aliphatic carbocycles. The quantitative estimate of drug-likeness (QED) is 0.175. The van der Waals surface area contributed by atoms with Crippen LogP contribution in [0.1, 0.15) is 83.7 Å². The number of allylic oxidation sites excluding steroid dienone is 8. The molecule has 1 unspecified atom stereocenters. The van der Waals surface area contributed by atoms with Crippen molar-refractivity contribution in [2.45, 2.75) is 92.7 Å². The molecule has 1 aliphatic heterocycles. The standard InChI is InChI=1S/C28H32ClN3OS.C9H16S.C2H6/c1-20-15-24(33-19-20)18-31(23-9-5-3-6-10-23)17-22-16-27(28-14-13-21(2)34-28)32(30-22)26-12-8-4-7-11-25(26)29;1-9(2)7-5-4-6-8-10-3;1-2/h7-8,11-16,20,23H,3,5-6,9-10,17-19H2,1-2H3;4,6-7H,5,8H2,1-3H3;1-2H3/b;6-4-;. The van der Waals surface area contributed by atoms with E-state index in [4.69, 9.17) is 21.4 Å². The van der Waals surface area contributed by atoms with Crippen molar-refractivity contribution in [1.82, 2.24) is 14.7 Å². The van der Waals surface area contributed by atoms with Gasteiger partial charge in [-0.2, -0.15) is 16.9 Å². The Morgan fingerprint density at radius 2 is 1.89 bits per heavy atom. The molecular formula is C39H54ClN3OS2. The predicted octanol–water partition coefficient (Wildman–Crippen LogP) is 11.6. The lowest BCUT2D eigenvalue weighted by Crippen LogP contribution is -2.38. The third kappa shape index (κ3) is 12.3. The Kier molecular flexibility index (Phi) is 17.1. The Bertz CT molecular complexity index is 1440. The fourth-order valence-corrected chi connectivity index (χ4v) is 6.97. The minimum atomic E-state index is 0.494. The molecule has 0 radical (unpaired) electrons. The van der Waals surface area contributed by atoms with Gasteiger partial charge in [0.15, 0.2) is 0 Å². The van der Waals surface area contributed by atoms with E-state index in [1.165, 1.54) is 47.4 Å². The zero-order valence-corrected chi connectivity index (χ0v) is 31.4. The summed E-state index contributed by atoms with van der Waals surface area (Å²) in [5, 5.41) is 5.76. The molecule has 0 amide bonds. The van der Waals surface area contributed by atoms with E-state index in [1.807, 2.05) is 54.6 Å². The van der Waals surface area contributed by atoms with Crippen LogP contribution in [-0.4, -0.2) is 45.9 Å². The summed E-state index contributed by atoms with van der Waals surface area (Å²) in [5.41, 5.74) is 7.52. The Hall–Kier alpha value is -2.47. The molecule has 250 valence electrons. The van der Waals surface area contributed by atoms with Crippen LogP contribution in [0.15, 0.2) is 88.9 Å². The number of hydrogen-bond acceptors (Lipinski definition) is 5. The van der Waals surface area contributed by atoms with Gasteiger partial charge >= 0.3 is 0 Å². The molecule has 2 aromatic rings. The summed E-state index contributed by atoms with van der Waals surface area (Å²) < 4.78 is 8.00. The molecule has 2 aromatic heterocycles. The number of hydrogen-bond donors (Lipinski definition) is 0. The summed E-state index contributed by atoms with van der Waals surface area (Å²) >= 11 is 10.3. The van der Waals surface area contributed by atoms with Gasteiger partial charge in [0.1, 0.15) is 5.76 Å². The molecule has 0 bridgehead atoms. The second-order valence-electron chi connectivity index (χ2n) is 12.0. The predicted molar refractivity (Wildman–Crippen MR) is 205 cm³/mol. The molecule has 4 nitrogen and oxygen atoms in total. The monoisotopic (exact) mass is 679 g/mol. The van der Waals surface area contributed by atoms with Crippen molar-refractivity contribution in [2.24, 2.45) is 5.92 Å². The van der Waals surface area contributed by atoms with Gasteiger partial charge in [0, 0.05) is 29.1 Å². The highest BCUT2D eigenvalue weighted by molar-refractivity contribution is 7.98. The third-order valence-electron chi connectivity index (χ3n) is 7.80. The maximum atomic E-state index is 6.66. The molecule has 46 heavy (non-hydrogen) atoms. The second kappa shape index (κ2) is 20.7. The van der Waals surface area contributed by atoms with Crippen LogP contribution < -0.4 is 0 Å². The van der Waals surface area contributed by atoms with Crippen LogP contribution in [0.4, 0.5) is 0 Å². The van der Waals surface area contributed by atoms with Gasteiger partial charge in [-0.05, 0) is 94.9 Å². The molecule has 0 aromatic carbocycles. The second-order valence-corrected chi connectivity index (χ2v) is 14.6. The van der Waals surface area contributed by atoms with Crippen LogP contribution in [0.3, 0.4) is 0 Å². The zero-order chi connectivity index (χ0) is 33.3. The number of aryl methyl sites for hydroxylation is 1. The van der Waals surface area contributed by atoms with Crippen LogP contribution >= 0.6 is 34.7 Å². The Labute approximate surface area is 292 Å². The Balaban J connectivity index is 0.000000413. The van der Waals surface area contributed by atoms with Crippen molar-refractivity contribution in [3.63, 3.8) is 0 Å². The zero-order valence-electron chi connectivity index (χ0n) is 29.0. The lowest BCUT2D eigenvalue weighted by atomic mass is 9.94. The van der Waals surface area contributed by atoms with Gasteiger partial charge in [-0.1, -0.05) is 75.4 Å². The molecule has 3 heterocycles. The summed E-state index contributed by atoms with van der Waals surface area (Å²) in [6, 6.07) is 7.15. The number of nitrogens with zero attached hydrogens (tertiary/aromatic N) is 3. The first-order valence-electron chi connectivity index (χ1n) is 16.8. The minimum Gasteiger partial charge on any atom is -0.496 e. The van der Waals surface area contributed by atoms with Crippen molar-refractivity contribution in [1.29, 1.82) is 0 Å². The lowest BCUT2D eigenvalue weighted by molar-refractivity contribution is 0.123. The number of aromatic nitrogens is 2. The molecule has 5 rings (SSSR count). The first kappa shape index (κ1) is 38.0. The van der Waals surface area contributed by atoms with E-state index in [2.05, 4.69) is 87.1 Å². The van der Waals surface area contributed by atoms with E-state index < -0.39 is 0 Å². The largest absolute Gasteiger partial charge is 0.496 e. The Morgan fingerprint density at radius 1 is 1.13 bits per heavy atom. The first-order valence-corrected chi connectivity index (χ1v) is 19.4. The number of halogens is 1. The van der Waals surface area contributed by atoms with Crippen LogP contribution in [-0.2, 0) is 11.3 Å². The smallest absolute Gasteiger partial charge is 0.106 e. The average molecular weight is 680 g/mol. The van der Waals surface area contributed by atoms with Crippen LogP contribution in [0.2, 0.25) is 0 Å². The molecule has 1 fully saturated rings. The van der Waals surface area contributed by atoms with E-state index in [0.29, 0.717) is 17.0 Å². The highest BCUT2D eigenvalue weighted by Crippen LogP contribution is 2.34. The van der Waals surface area contributed by atoms with Crippen LogP contribution in [0, 0.1) is 12.8 Å². The molecule has 3 aliphatic rings. The summed E-state index contributed by atoms with van der Waals surface area (Å²) in [4.78, 5) is 5.06. The van der Waals surface area contributed by atoms with Crippen molar-refractivity contribution in [3.8, 4) is 10.6 Å². The summed E-state index contributed by atoms with van der Waals surface area (Å²) in [6.45, 7) is 15.1. The third-order valence-corrected chi connectivity index (χ3v) is 9.67. The topological polar surface area (TPSA) is 30.3 Å². The molecule has 7 heteroatoms. The summed E-state index contributed by atoms with van der Waals surface area (Å²) in [5.74, 6) is 2.74. The van der Waals surface area contributed by atoms with E-state index in [-0.39, 0.29) is 0 Å². The van der Waals surface area contributed by atoms with Crippen LogP contribution in [0.5, 0.6) is 0 Å². The summed E-state index contributed by atoms with van der Waals surface area (Å²) in [6.07, 6.45) is 26.2. The molecule has 0 N–H and O–H groups in total. The fourth-order valence-electron chi connectivity index (χ4n) is 5.56. The van der Waals surface area contributed by atoms with E-state index in [1.54, 1.807) is 11.3 Å². The number of ether oxygens (including phenoxy) is 1. The highest BCUT2D eigenvalue weighted by Gasteiger charge is 2.26. The minimum absolute atomic E-state index is 0.494. The Morgan fingerprint density at radius 3 is 2.54 bits per heavy atom. The molecule has 0 saturated heterocycles. The molecular weight excluding hydrogens is 626 g/mol. The lowest BCUT2D eigenvalue weighted by Gasteiger charge is -2.34. The van der Waals surface area contributed by atoms with Crippen molar-refractivity contribution < 1.29 is 4.74 Å².